The molecule has 0 aliphatic rings. The van der Waals surface area contributed by atoms with Crippen LogP contribution in [0.15, 0.2) is 34.5 Å². The Morgan fingerprint density at radius 2 is 2.19 bits per heavy atom. The monoisotopic (exact) mass is 220 g/mol. The molecule has 1 aromatic rings. The van der Waals surface area contributed by atoms with Gasteiger partial charge in [-0.2, -0.15) is 4.99 Å². The summed E-state index contributed by atoms with van der Waals surface area (Å²) >= 11 is 0. The lowest BCUT2D eigenvalue weighted by Gasteiger charge is -2.09. The van der Waals surface area contributed by atoms with E-state index in [9.17, 15) is 0 Å². The van der Waals surface area contributed by atoms with Gasteiger partial charge in [0.05, 0.1) is 6.54 Å². The van der Waals surface area contributed by atoms with E-state index < -0.39 is 0 Å². The standard InChI is InChI=1S/C10H16N6/c1-16(2)10(12)15-9(11)14-7-8-4-3-5-13-6-8/h3-6H,7H2,1-2H3,(H4,11,12,14,15). The molecule has 1 aromatic heterocycles. The summed E-state index contributed by atoms with van der Waals surface area (Å²) < 4.78 is 0. The molecule has 0 aliphatic carbocycles. The molecular formula is C10H16N6. The second kappa shape index (κ2) is 5.69. The number of rotatable bonds is 2. The van der Waals surface area contributed by atoms with Gasteiger partial charge in [0, 0.05) is 26.5 Å². The minimum Gasteiger partial charge on any atom is -0.369 e. The second-order valence-electron chi connectivity index (χ2n) is 3.40. The minimum atomic E-state index is 0.162. The third kappa shape index (κ3) is 3.95. The number of nitrogens with zero attached hydrogens (tertiary/aromatic N) is 4. The van der Waals surface area contributed by atoms with Crippen LogP contribution >= 0.6 is 0 Å². The largest absolute Gasteiger partial charge is 0.369 e. The van der Waals surface area contributed by atoms with Crippen molar-refractivity contribution in [2.24, 2.45) is 21.5 Å². The molecule has 6 heteroatoms. The molecule has 0 fully saturated rings. The summed E-state index contributed by atoms with van der Waals surface area (Å²) in [5, 5.41) is 0. The minimum absolute atomic E-state index is 0.162. The normalized spacial score (nSPS) is 12.6. The third-order valence-electron chi connectivity index (χ3n) is 1.83. The van der Waals surface area contributed by atoms with Crippen LogP contribution < -0.4 is 11.5 Å². The van der Waals surface area contributed by atoms with Crippen molar-refractivity contribution in [3.05, 3.63) is 30.1 Å². The lowest BCUT2D eigenvalue weighted by molar-refractivity contribution is 0.615. The summed E-state index contributed by atoms with van der Waals surface area (Å²) in [7, 11) is 3.57. The van der Waals surface area contributed by atoms with Crippen LogP contribution in [0, 0.1) is 0 Å². The van der Waals surface area contributed by atoms with Gasteiger partial charge in [-0.3, -0.25) is 4.98 Å². The summed E-state index contributed by atoms with van der Waals surface area (Å²) in [5.41, 5.74) is 12.2. The average Bonchev–Trinajstić information content (AvgIpc) is 2.27. The number of aromatic nitrogens is 1. The zero-order chi connectivity index (χ0) is 12.0. The molecule has 0 spiro atoms. The van der Waals surface area contributed by atoms with Crippen molar-refractivity contribution in [1.29, 1.82) is 0 Å². The molecule has 16 heavy (non-hydrogen) atoms. The Balaban J connectivity index is 2.62. The number of hydrogen-bond acceptors (Lipinski definition) is 2. The maximum atomic E-state index is 5.60. The number of hydrogen-bond donors (Lipinski definition) is 2. The predicted octanol–water partition coefficient (Wildman–Crippen LogP) is -0.227. The molecule has 86 valence electrons. The molecule has 6 nitrogen and oxygen atoms in total. The summed E-state index contributed by atoms with van der Waals surface area (Å²) in [4.78, 5) is 13.6. The lowest BCUT2D eigenvalue weighted by atomic mass is 10.3. The van der Waals surface area contributed by atoms with Crippen molar-refractivity contribution in [1.82, 2.24) is 9.88 Å². The molecule has 0 saturated heterocycles. The Kier molecular flexibility index (Phi) is 4.26. The molecule has 4 N–H and O–H groups in total. The van der Waals surface area contributed by atoms with Gasteiger partial charge in [0.2, 0.25) is 5.96 Å². The van der Waals surface area contributed by atoms with Gasteiger partial charge in [0.25, 0.3) is 0 Å². The van der Waals surface area contributed by atoms with Gasteiger partial charge in [0.15, 0.2) is 5.96 Å². The van der Waals surface area contributed by atoms with E-state index in [1.807, 2.05) is 12.1 Å². The fourth-order valence-corrected chi connectivity index (χ4v) is 0.917. The van der Waals surface area contributed by atoms with Gasteiger partial charge in [-0.1, -0.05) is 6.07 Å². The lowest BCUT2D eigenvalue weighted by Crippen LogP contribution is -2.32. The van der Waals surface area contributed by atoms with Crippen LogP contribution in [-0.2, 0) is 6.54 Å². The van der Waals surface area contributed by atoms with Gasteiger partial charge < -0.3 is 16.4 Å². The van der Waals surface area contributed by atoms with E-state index in [1.54, 1.807) is 31.4 Å². The summed E-state index contributed by atoms with van der Waals surface area (Å²) in [5.74, 6) is 0.488. The van der Waals surface area contributed by atoms with Gasteiger partial charge >= 0.3 is 0 Å². The van der Waals surface area contributed by atoms with Gasteiger partial charge in [-0.05, 0) is 11.6 Å². The van der Waals surface area contributed by atoms with Crippen LogP contribution in [0.3, 0.4) is 0 Å². The van der Waals surface area contributed by atoms with Crippen LogP contribution in [0.1, 0.15) is 5.56 Å². The Labute approximate surface area is 94.7 Å². The van der Waals surface area contributed by atoms with Crippen molar-refractivity contribution < 1.29 is 0 Å². The Hall–Kier alpha value is -2.11. The molecule has 1 rings (SSSR count). The van der Waals surface area contributed by atoms with Crippen molar-refractivity contribution in [3.63, 3.8) is 0 Å². The maximum Gasteiger partial charge on any atom is 0.218 e. The first kappa shape index (κ1) is 12.0. The van der Waals surface area contributed by atoms with Crippen molar-refractivity contribution in [2.45, 2.75) is 6.54 Å². The van der Waals surface area contributed by atoms with Crippen LogP contribution in [0.4, 0.5) is 0 Å². The van der Waals surface area contributed by atoms with Crippen LogP contribution in [0.2, 0.25) is 0 Å². The molecule has 0 saturated carbocycles. The van der Waals surface area contributed by atoms with Crippen LogP contribution in [0.5, 0.6) is 0 Å². The van der Waals surface area contributed by atoms with E-state index >= 15 is 0 Å². The fourth-order valence-electron chi connectivity index (χ4n) is 0.917. The Morgan fingerprint density at radius 1 is 1.44 bits per heavy atom. The second-order valence-corrected chi connectivity index (χ2v) is 3.40. The van der Waals surface area contributed by atoms with E-state index in [1.165, 1.54) is 0 Å². The number of pyridine rings is 1. The molecule has 0 aromatic carbocycles. The average molecular weight is 220 g/mol. The quantitative estimate of drug-likeness (QED) is 0.532. The molecule has 1 heterocycles. The van der Waals surface area contributed by atoms with Crippen molar-refractivity contribution >= 4 is 11.9 Å². The molecule has 0 bridgehead atoms. The van der Waals surface area contributed by atoms with Crippen LogP contribution in [-0.4, -0.2) is 35.9 Å². The first-order valence-corrected chi connectivity index (χ1v) is 4.80. The van der Waals surface area contributed by atoms with E-state index in [0.29, 0.717) is 12.5 Å². The van der Waals surface area contributed by atoms with Crippen LogP contribution in [0.25, 0.3) is 0 Å². The molecular weight excluding hydrogens is 204 g/mol. The fraction of sp³-hybridized carbons (Fsp3) is 0.300. The summed E-state index contributed by atoms with van der Waals surface area (Å²) in [6.07, 6.45) is 3.44. The first-order chi connectivity index (χ1) is 7.59. The van der Waals surface area contributed by atoms with Crippen molar-refractivity contribution in [2.75, 3.05) is 14.1 Å². The van der Waals surface area contributed by atoms with E-state index in [2.05, 4.69) is 15.0 Å². The molecule has 0 radical (unpaired) electrons. The third-order valence-corrected chi connectivity index (χ3v) is 1.83. The number of guanidine groups is 2. The summed E-state index contributed by atoms with van der Waals surface area (Å²) in [6.45, 7) is 0.448. The number of nitrogens with two attached hydrogens (primary N) is 2. The molecule has 0 atom stereocenters. The highest BCUT2D eigenvalue weighted by atomic mass is 15.2. The summed E-state index contributed by atoms with van der Waals surface area (Å²) in [6, 6.07) is 3.77. The topological polar surface area (TPSA) is 92.9 Å². The van der Waals surface area contributed by atoms with E-state index in [-0.39, 0.29) is 5.96 Å². The zero-order valence-electron chi connectivity index (χ0n) is 9.46. The molecule has 0 amide bonds. The highest BCUT2D eigenvalue weighted by Gasteiger charge is 1.96. The molecule has 0 aliphatic heterocycles. The zero-order valence-corrected chi connectivity index (χ0v) is 9.46. The van der Waals surface area contributed by atoms with Gasteiger partial charge in [0.1, 0.15) is 0 Å². The van der Waals surface area contributed by atoms with E-state index in [0.717, 1.165) is 5.56 Å². The SMILES string of the molecule is CN(C)C(N)=NC(N)=NCc1cccnc1. The highest BCUT2D eigenvalue weighted by Crippen LogP contribution is 1.97. The first-order valence-electron chi connectivity index (χ1n) is 4.80. The van der Waals surface area contributed by atoms with Gasteiger partial charge in [-0.15, -0.1) is 0 Å². The molecule has 0 unspecified atom stereocenters. The number of aliphatic imine (C=N–C) groups is 2. The Morgan fingerprint density at radius 3 is 2.75 bits per heavy atom. The van der Waals surface area contributed by atoms with Gasteiger partial charge in [-0.25, -0.2) is 4.99 Å². The Bertz CT molecular complexity index is 382. The van der Waals surface area contributed by atoms with Crippen molar-refractivity contribution in [3.8, 4) is 0 Å². The predicted molar refractivity (Wildman–Crippen MR) is 64.9 cm³/mol. The highest BCUT2D eigenvalue weighted by molar-refractivity contribution is 5.93. The maximum absolute atomic E-state index is 5.60. The van der Waals surface area contributed by atoms with E-state index in [4.69, 9.17) is 11.5 Å². The smallest absolute Gasteiger partial charge is 0.218 e.